The molecule has 0 saturated carbocycles. The highest BCUT2D eigenvalue weighted by molar-refractivity contribution is 5.80. The number of aliphatic hydroxyl groups is 4. The van der Waals surface area contributed by atoms with Crippen LogP contribution in [-0.4, -0.2) is 57.3 Å². The lowest BCUT2D eigenvalue weighted by Gasteiger charge is -2.27. The Bertz CT molecular complexity index is 873. The highest BCUT2D eigenvalue weighted by Gasteiger charge is 2.28. The van der Waals surface area contributed by atoms with Crippen molar-refractivity contribution >= 4 is 5.91 Å². The lowest BCUT2D eigenvalue weighted by atomic mass is 10.00. The third-order valence-electron chi connectivity index (χ3n) is 11.1. The molecule has 0 bridgehead atoms. The molecule has 0 aliphatic rings. The zero-order chi connectivity index (χ0) is 40.3. The van der Waals surface area contributed by atoms with Crippen LogP contribution in [0.4, 0.5) is 0 Å². The summed E-state index contributed by atoms with van der Waals surface area (Å²) in [6.45, 7) is 3.95. The van der Waals surface area contributed by atoms with Crippen LogP contribution in [0.2, 0.25) is 0 Å². The molecule has 0 rings (SSSR count). The molecular formula is C49H93NO5. The molecule has 0 fully saturated rings. The predicted octanol–water partition coefficient (Wildman–Crippen LogP) is 12.9. The van der Waals surface area contributed by atoms with Gasteiger partial charge in [0.15, 0.2) is 0 Å². The van der Waals surface area contributed by atoms with Crippen LogP contribution in [0.5, 0.6) is 0 Å². The minimum atomic E-state index is -1.28. The first kappa shape index (κ1) is 53.5. The average Bonchev–Trinajstić information content (AvgIpc) is 3.19. The van der Waals surface area contributed by atoms with Crippen molar-refractivity contribution in [3.8, 4) is 0 Å². The van der Waals surface area contributed by atoms with E-state index in [9.17, 15) is 25.2 Å². The zero-order valence-electron chi connectivity index (χ0n) is 36.4. The number of hydrogen-bond donors (Lipinski definition) is 5. The van der Waals surface area contributed by atoms with Gasteiger partial charge in [0.1, 0.15) is 12.2 Å². The lowest BCUT2D eigenvalue weighted by molar-refractivity contribution is -0.132. The lowest BCUT2D eigenvalue weighted by Crippen LogP contribution is -2.53. The van der Waals surface area contributed by atoms with Crippen LogP contribution in [0.15, 0.2) is 36.5 Å². The molecule has 6 nitrogen and oxygen atoms in total. The van der Waals surface area contributed by atoms with Crippen molar-refractivity contribution < 1.29 is 25.2 Å². The standard InChI is InChI=1S/C49H93NO5/c1-3-5-7-9-11-13-15-17-19-21-23-25-27-29-31-33-35-37-39-41-43-47(53)49(55)50-45(44-51)48(54)46(52)42-40-38-36-34-32-30-28-26-24-22-20-18-16-14-12-10-8-6-4-2/h5,7,11,13,34,36,45-48,51-54H,3-4,6,8-10,12,14-33,35,37-44H2,1-2H3,(H,50,55)/b7-5-,13-11-,36-34+. The van der Waals surface area contributed by atoms with Gasteiger partial charge >= 0.3 is 0 Å². The van der Waals surface area contributed by atoms with Crippen LogP contribution in [0, 0.1) is 0 Å². The summed E-state index contributed by atoms with van der Waals surface area (Å²) in [6.07, 6.45) is 51.8. The molecule has 0 aliphatic heterocycles. The largest absolute Gasteiger partial charge is 0.394 e. The molecule has 0 spiro atoms. The number of unbranched alkanes of at least 4 members (excludes halogenated alkanes) is 28. The minimum Gasteiger partial charge on any atom is -0.394 e. The van der Waals surface area contributed by atoms with Gasteiger partial charge in [-0.05, 0) is 64.2 Å². The number of rotatable bonds is 43. The first-order valence-corrected chi connectivity index (χ1v) is 23.9. The van der Waals surface area contributed by atoms with E-state index in [1.807, 2.05) is 0 Å². The molecule has 1 amide bonds. The number of carbonyl (C=O) groups excluding carboxylic acids is 1. The quantitative estimate of drug-likeness (QED) is 0.0313. The molecule has 5 N–H and O–H groups in total. The molecule has 55 heavy (non-hydrogen) atoms. The second kappa shape index (κ2) is 43.6. The van der Waals surface area contributed by atoms with Crippen LogP contribution < -0.4 is 5.32 Å². The Morgan fingerprint density at radius 2 is 0.855 bits per heavy atom. The van der Waals surface area contributed by atoms with Crippen molar-refractivity contribution in [3.05, 3.63) is 36.5 Å². The number of carbonyl (C=O) groups is 1. The van der Waals surface area contributed by atoms with Crippen molar-refractivity contribution in [1.29, 1.82) is 0 Å². The average molecular weight is 776 g/mol. The number of hydrogen-bond acceptors (Lipinski definition) is 5. The fourth-order valence-corrected chi connectivity index (χ4v) is 7.33. The molecular weight excluding hydrogens is 683 g/mol. The summed E-state index contributed by atoms with van der Waals surface area (Å²) in [4.78, 5) is 12.5. The first-order chi connectivity index (χ1) is 27.0. The zero-order valence-corrected chi connectivity index (χ0v) is 36.4. The van der Waals surface area contributed by atoms with E-state index in [0.717, 1.165) is 51.4 Å². The summed E-state index contributed by atoms with van der Waals surface area (Å²) in [5, 5.41) is 43.8. The smallest absolute Gasteiger partial charge is 0.249 e. The Labute approximate surface area is 341 Å². The van der Waals surface area contributed by atoms with Crippen molar-refractivity contribution in [2.24, 2.45) is 0 Å². The molecule has 4 atom stereocenters. The Morgan fingerprint density at radius 1 is 0.473 bits per heavy atom. The SMILES string of the molecule is CC/C=C\C/C=C\CCCCCCCCCCCCCCCC(O)C(=O)NC(CO)C(O)C(O)CCC/C=C/CCCCCCCCCCCCCCCC. The van der Waals surface area contributed by atoms with Gasteiger partial charge in [0.25, 0.3) is 0 Å². The van der Waals surface area contributed by atoms with E-state index in [1.165, 1.54) is 161 Å². The fraction of sp³-hybridized carbons (Fsp3) is 0.857. The third kappa shape index (κ3) is 37.8. The summed E-state index contributed by atoms with van der Waals surface area (Å²) in [6, 6.07) is -1.00. The predicted molar refractivity (Wildman–Crippen MR) is 237 cm³/mol. The van der Waals surface area contributed by atoms with Gasteiger partial charge in [-0.1, -0.05) is 211 Å². The molecule has 0 aromatic rings. The van der Waals surface area contributed by atoms with E-state index in [4.69, 9.17) is 0 Å². The van der Waals surface area contributed by atoms with E-state index in [1.54, 1.807) is 0 Å². The minimum absolute atomic E-state index is 0.362. The van der Waals surface area contributed by atoms with Crippen LogP contribution in [0.3, 0.4) is 0 Å². The van der Waals surface area contributed by atoms with Gasteiger partial charge in [0.05, 0.1) is 18.8 Å². The van der Waals surface area contributed by atoms with Gasteiger partial charge in [-0.3, -0.25) is 4.79 Å². The number of allylic oxidation sites excluding steroid dienone is 6. The van der Waals surface area contributed by atoms with Gasteiger partial charge in [0.2, 0.25) is 5.91 Å². The van der Waals surface area contributed by atoms with Crippen molar-refractivity contribution in [2.45, 2.75) is 263 Å². The summed E-state index contributed by atoms with van der Waals surface area (Å²) >= 11 is 0. The fourth-order valence-electron chi connectivity index (χ4n) is 7.33. The van der Waals surface area contributed by atoms with Crippen LogP contribution >= 0.6 is 0 Å². The normalized spacial score (nSPS) is 14.4. The molecule has 0 aromatic heterocycles. The van der Waals surface area contributed by atoms with Crippen molar-refractivity contribution in [3.63, 3.8) is 0 Å². The topological polar surface area (TPSA) is 110 Å². The second-order valence-corrected chi connectivity index (χ2v) is 16.4. The maximum Gasteiger partial charge on any atom is 0.249 e. The van der Waals surface area contributed by atoms with E-state index in [0.29, 0.717) is 12.8 Å². The van der Waals surface area contributed by atoms with Crippen LogP contribution in [0.25, 0.3) is 0 Å². The Morgan fingerprint density at radius 3 is 1.29 bits per heavy atom. The molecule has 4 unspecified atom stereocenters. The van der Waals surface area contributed by atoms with Gasteiger partial charge in [-0.2, -0.15) is 0 Å². The van der Waals surface area contributed by atoms with Gasteiger partial charge in [-0.25, -0.2) is 0 Å². The van der Waals surface area contributed by atoms with Crippen LogP contribution in [-0.2, 0) is 4.79 Å². The monoisotopic (exact) mass is 776 g/mol. The van der Waals surface area contributed by atoms with Crippen molar-refractivity contribution in [1.82, 2.24) is 5.32 Å². The molecule has 0 radical (unpaired) electrons. The van der Waals surface area contributed by atoms with Gasteiger partial charge < -0.3 is 25.7 Å². The summed E-state index contributed by atoms with van der Waals surface area (Å²) in [7, 11) is 0. The molecule has 6 heteroatoms. The van der Waals surface area contributed by atoms with E-state index < -0.39 is 36.9 Å². The summed E-state index contributed by atoms with van der Waals surface area (Å²) < 4.78 is 0. The van der Waals surface area contributed by atoms with E-state index >= 15 is 0 Å². The second-order valence-electron chi connectivity index (χ2n) is 16.4. The summed E-state index contributed by atoms with van der Waals surface area (Å²) in [5.41, 5.74) is 0. The van der Waals surface area contributed by atoms with E-state index in [2.05, 4.69) is 55.6 Å². The molecule has 0 aromatic carbocycles. The highest BCUT2D eigenvalue weighted by atomic mass is 16.3. The Balaban J connectivity index is 3.72. The summed E-state index contributed by atoms with van der Waals surface area (Å²) in [5.74, 6) is -0.593. The maximum atomic E-state index is 12.5. The Hall–Kier alpha value is -1.47. The number of nitrogens with one attached hydrogen (secondary N) is 1. The highest BCUT2D eigenvalue weighted by Crippen LogP contribution is 2.16. The van der Waals surface area contributed by atoms with Crippen LogP contribution in [0.1, 0.15) is 239 Å². The maximum absolute atomic E-state index is 12.5. The number of aliphatic hydroxyl groups excluding tert-OH is 4. The molecule has 0 heterocycles. The van der Waals surface area contributed by atoms with Gasteiger partial charge in [-0.15, -0.1) is 0 Å². The molecule has 324 valence electrons. The number of amides is 1. The van der Waals surface area contributed by atoms with E-state index in [-0.39, 0.29) is 0 Å². The Kier molecular flexibility index (Phi) is 42.5. The van der Waals surface area contributed by atoms with Gasteiger partial charge in [0, 0.05) is 0 Å². The molecule has 0 aliphatic carbocycles. The third-order valence-corrected chi connectivity index (χ3v) is 11.1. The van der Waals surface area contributed by atoms with Crippen molar-refractivity contribution in [2.75, 3.05) is 6.61 Å². The first-order valence-electron chi connectivity index (χ1n) is 23.9. The molecule has 0 saturated heterocycles.